The van der Waals surface area contributed by atoms with E-state index in [2.05, 4.69) is 20.4 Å². The second-order valence-electron chi connectivity index (χ2n) is 8.83. The predicted molar refractivity (Wildman–Crippen MR) is 113 cm³/mol. The molecule has 4 amide bonds. The topological polar surface area (TPSA) is 102 Å². The van der Waals surface area contributed by atoms with E-state index in [1.165, 1.54) is 0 Å². The van der Waals surface area contributed by atoms with Gasteiger partial charge in [0.15, 0.2) is 0 Å². The molecule has 4 aliphatic heterocycles. The van der Waals surface area contributed by atoms with Crippen LogP contribution in [-0.2, 0) is 9.59 Å². The minimum atomic E-state index is -0.927. The standard InChI is InChI=1S/C22H27N5O4/c28-19-4-3-18(20(29)24-19)27-21(30)16-2-1-15(11-17(16)22(27)31)26-8-5-14(13-26)12-25-9-6-23-7-10-25/h1-2,11,14,18,23H,3-10,12-13H2,(H,24,28,29)/t14-,18?/m0/s1. The minimum Gasteiger partial charge on any atom is -0.371 e. The van der Waals surface area contributed by atoms with E-state index in [-0.39, 0.29) is 18.7 Å². The van der Waals surface area contributed by atoms with Crippen LogP contribution >= 0.6 is 0 Å². The number of fused-ring (bicyclic) bond motifs is 1. The van der Waals surface area contributed by atoms with Crippen LogP contribution in [0.4, 0.5) is 5.69 Å². The number of hydrogen-bond acceptors (Lipinski definition) is 7. The second kappa shape index (κ2) is 8.05. The van der Waals surface area contributed by atoms with Crippen molar-refractivity contribution >= 4 is 29.3 Å². The fraction of sp³-hybridized carbons (Fsp3) is 0.545. The molecule has 0 bridgehead atoms. The lowest BCUT2D eigenvalue weighted by molar-refractivity contribution is -0.136. The third-order valence-electron chi connectivity index (χ3n) is 6.80. The molecule has 1 aromatic rings. The smallest absolute Gasteiger partial charge is 0.262 e. The highest BCUT2D eigenvalue weighted by molar-refractivity contribution is 6.23. The molecule has 31 heavy (non-hydrogen) atoms. The molecular formula is C22H27N5O4. The summed E-state index contributed by atoms with van der Waals surface area (Å²) in [5.41, 5.74) is 1.61. The lowest BCUT2D eigenvalue weighted by atomic mass is 10.0. The fourth-order valence-electron chi connectivity index (χ4n) is 5.13. The van der Waals surface area contributed by atoms with Gasteiger partial charge in [-0.15, -0.1) is 0 Å². The molecule has 0 spiro atoms. The molecule has 4 heterocycles. The molecule has 9 nitrogen and oxygen atoms in total. The lowest BCUT2D eigenvalue weighted by Gasteiger charge is -2.29. The van der Waals surface area contributed by atoms with Crippen LogP contribution in [0.15, 0.2) is 18.2 Å². The van der Waals surface area contributed by atoms with Crippen LogP contribution in [0.3, 0.4) is 0 Å². The van der Waals surface area contributed by atoms with Crippen LogP contribution in [0.25, 0.3) is 0 Å². The highest BCUT2D eigenvalue weighted by atomic mass is 16.2. The number of piperidine rings is 1. The number of rotatable bonds is 4. The van der Waals surface area contributed by atoms with Gasteiger partial charge in [0, 0.05) is 57.9 Å². The van der Waals surface area contributed by atoms with E-state index >= 15 is 0 Å². The van der Waals surface area contributed by atoms with Gasteiger partial charge in [0.25, 0.3) is 11.8 Å². The normalized spacial score (nSPS) is 27.1. The van der Waals surface area contributed by atoms with Crippen molar-refractivity contribution in [1.82, 2.24) is 20.4 Å². The molecule has 3 fully saturated rings. The number of carbonyl (C=O) groups excluding carboxylic acids is 4. The van der Waals surface area contributed by atoms with Crippen LogP contribution in [0.1, 0.15) is 40.0 Å². The molecule has 164 valence electrons. The number of amides is 4. The third-order valence-corrected chi connectivity index (χ3v) is 6.80. The van der Waals surface area contributed by atoms with Crippen LogP contribution < -0.4 is 15.5 Å². The Kier molecular flexibility index (Phi) is 5.23. The van der Waals surface area contributed by atoms with Gasteiger partial charge in [-0.3, -0.25) is 29.4 Å². The Hall–Kier alpha value is -2.78. The highest BCUT2D eigenvalue weighted by Gasteiger charge is 2.44. The number of benzene rings is 1. The summed E-state index contributed by atoms with van der Waals surface area (Å²) in [7, 11) is 0. The van der Waals surface area contributed by atoms with E-state index in [1.807, 2.05) is 6.07 Å². The highest BCUT2D eigenvalue weighted by Crippen LogP contribution is 2.32. The second-order valence-corrected chi connectivity index (χ2v) is 8.83. The molecule has 1 aromatic carbocycles. The summed E-state index contributed by atoms with van der Waals surface area (Å²) in [5, 5.41) is 5.61. The molecule has 3 saturated heterocycles. The Labute approximate surface area is 180 Å². The fourth-order valence-corrected chi connectivity index (χ4v) is 5.13. The molecule has 0 aromatic heterocycles. The molecule has 2 N–H and O–H groups in total. The maximum Gasteiger partial charge on any atom is 0.262 e. The number of nitrogens with one attached hydrogen (secondary N) is 2. The maximum absolute atomic E-state index is 13.0. The molecule has 2 atom stereocenters. The van der Waals surface area contributed by atoms with Crippen molar-refractivity contribution in [3.05, 3.63) is 29.3 Å². The van der Waals surface area contributed by atoms with E-state index in [0.29, 0.717) is 17.0 Å². The average Bonchev–Trinajstić information content (AvgIpc) is 3.32. The number of nitrogens with zero attached hydrogens (tertiary/aromatic N) is 3. The Balaban J connectivity index is 1.29. The summed E-state index contributed by atoms with van der Waals surface area (Å²) >= 11 is 0. The Morgan fingerprint density at radius 1 is 0.935 bits per heavy atom. The van der Waals surface area contributed by atoms with E-state index in [1.54, 1.807) is 12.1 Å². The van der Waals surface area contributed by atoms with Crippen molar-refractivity contribution in [3.8, 4) is 0 Å². The third kappa shape index (κ3) is 3.72. The summed E-state index contributed by atoms with van der Waals surface area (Å²) in [6.45, 7) is 7.20. The quantitative estimate of drug-likeness (QED) is 0.645. The summed E-state index contributed by atoms with van der Waals surface area (Å²) in [6.07, 6.45) is 1.40. The SMILES string of the molecule is O=C1CCC(N2C(=O)c3ccc(N4CC[C@@H](CN5CCNCC5)C4)cc3C2=O)C(=O)N1. The molecule has 4 aliphatic rings. The van der Waals surface area contributed by atoms with Crippen molar-refractivity contribution in [2.24, 2.45) is 5.92 Å². The summed E-state index contributed by atoms with van der Waals surface area (Å²) in [5.74, 6) is -1.28. The Morgan fingerprint density at radius 3 is 2.48 bits per heavy atom. The maximum atomic E-state index is 13.0. The van der Waals surface area contributed by atoms with Crippen molar-refractivity contribution in [2.45, 2.75) is 25.3 Å². The number of carbonyl (C=O) groups is 4. The Bertz CT molecular complexity index is 942. The van der Waals surface area contributed by atoms with Gasteiger partial charge in [0.2, 0.25) is 11.8 Å². The minimum absolute atomic E-state index is 0.122. The molecule has 0 radical (unpaired) electrons. The number of piperazine rings is 1. The first-order valence-corrected chi connectivity index (χ1v) is 11.0. The predicted octanol–water partition coefficient (Wildman–Crippen LogP) is -0.181. The van der Waals surface area contributed by atoms with Gasteiger partial charge in [-0.05, 0) is 37.0 Å². The van der Waals surface area contributed by atoms with Gasteiger partial charge in [0.1, 0.15) is 6.04 Å². The average molecular weight is 425 g/mol. The first-order chi connectivity index (χ1) is 15.0. The lowest BCUT2D eigenvalue weighted by Crippen LogP contribution is -2.54. The molecule has 0 saturated carbocycles. The van der Waals surface area contributed by atoms with Crippen LogP contribution in [0.5, 0.6) is 0 Å². The van der Waals surface area contributed by atoms with Gasteiger partial charge in [0.05, 0.1) is 11.1 Å². The zero-order valence-electron chi connectivity index (χ0n) is 17.4. The zero-order chi connectivity index (χ0) is 21.5. The number of hydrogen-bond donors (Lipinski definition) is 2. The van der Waals surface area contributed by atoms with Crippen molar-refractivity contribution in [2.75, 3.05) is 50.7 Å². The monoisotopic (exact) mass is 425 g/mol. The molecule has 9 heteroatoms. The first kappa shape index (κ1) is 20.1. The van der Waals surface area contributed by atoms with Crippen molar-refractivity contribution in [3.63, 3.8) is 0 Å². The molecule has 0 aliphatic carbocycles. The van der Waals surface area contributed by atoms with Crippen LogP contribution in [0, 0.1) is 5.92 Å². The summed E-state index contributed by atoms with van der Waals surface area (Å²) in [4.78, 5) is 55.3. The van der Waals surface area contributed by atoms with E-state index < -0.39 is 23.8 Å². The van der Waals surface area contributed by atoms with Gasteiger partial charge < -0.3 is 15.1 Å². The Morgan fingerprint density at radius 2 is 1.71 bits per heavy atom. The largest absolute Gasteiger partial charge is 0.371 e. The number of anilines is 1. The molecule has 1 unspecified atom stereocenters. The van der Waals surface area contributed by atoms with Gasteiger partial charge in [-0.25, -0.2) is 0 Å². The molecular weight excluding hydrogens is 398 g/mol. The van der Waals surface area contributed by atoms with E-state index in [9.17, 15) is 19.2 Å². The number of imide groups is 2. The molecule has 5 rings (SSSR count). The zero-order valence-corrected chi connectivity index (χ0v) is 17.4. The van der Waals surface area contributed by atoms with Crippen molar-refractivity contribution < 1.29 is 19.2 Å². The van der Waals surface area contributed by atoms with E-state index in [4.69, 9.17) is 0 Å². The summed E-state index contributed by atoms with van der Waals surface area (Å²) in [6, 6.07) is 4.45. The van der Waals surface area contributed by atoms with E-state index in [0.717, 1.165) is 62.8 Å². The van der Waals surface area contributed by atoms with Gasteiger partial charge in [-0.1, -0.05) is 0 Å². The summed E-state index contributed by atoms with van der Waals surface area (Å²) < 4.78 is 0. The van der Waals surface area contributed by atoms with Crippen LogP contribution in [-0.4, -0.2) is 85.3 Å². The van der Waals surface area contributed by atoms with Crippen LogP contribution in [0.2, 0.25) is 0 Å². The van der Waals surface area contributed by atoms with Gasteiger partial charge in [-0.2, -0.15) is 0 Å². The van der Waals surface area contributed by atoms with Gasteiger partial charge >= 0.3 is 0 Å². The first-order valence-electron chi connectivity index (χ1n) is 11.0. The van der Waals surface area contributed by atoms with Crippen molar-refractivity contribution in [1.29, 1.82) is 0 Å².